The van der Waals surface area contributed by atoms with Crippen molar-refractivity contribution in [2.75, 3.05) is 13.1 Å². The minimum atomic E-state index is -0.654. The minimum Gasteiger partial charge on any atom is -0.486 e. The normalized spacial score (nSPS) is 32.0. The van der Waals surface area contributed by atoms with E-state index in [4.69, 9.17) is 18.8 Å². The molecule has 2 bridgehead atoms. The number of esters is 1. The maximum Gasteiger partial charge on any atom is 0.457 e. The number of likely N-dealkylation sites (tertiary alicyclic amines) is 1. The Morgan fingerprint density at radius 3 is 2.49 bits per heavy atom. The van der Waals surface area contributed by atoms with Gasteiger partial charge in [0.2, 0.25) is 11.8 Å². The maximum absolute atomic E-state index is 13.5. The van der Waals surface area contributed by atoms with Crippen molar-refractivity contribution in [3.8, 4) is 5.75 Å². The van der Waals surface area contributed by atoms with Gasteiger partial charge in [0.1, 0.15) is 23.0 Å². The van der Waals surface area contributed by atoms with E-state index < -0.39 is 11.6 Å². The molecule has 0 radical (unpaired) electrons. The lowest BCUT2D eigenvalue weighted by Crippen LogP contribution is -2.65. The van der Waals surface area contributed by atoms with Crippen LogP contribution in [0.25, 0.3) is 0 Å². The van der Waals surface area contributed by atoms with E-state index in [0.29, 0.717) is 60.8 Å². The molecule has 6 aliphatic rings. The van der Waals surface area contributed by atoms with Crippen LogP contribution < -0.4 is 10.1 Å². The molecule has 9 nitrogen and oxygen atoms in total. The summed E-state index contributed by atoms with van der Waals surface area (Å²) >= 11 is 0. The third-order valence-electron chi connectivity index (χ3n) is 11.4. The van der Waals surface area contributed by atoms with E-state index >= 15 is 0 Å². The fourth-order valence-corrected chi connectivity index (χ4v) is 8.79. The molecule has 1 N–H and O–H groups in total. The molecule has 7 rings (SSSR count). The number of aryl methyl sites for hydroxylation is 1. The van der Waals surface area contributed by atoms with Gasteiger partial charge in [-0.15, -0.1) is 0 Å². The summed E-state index contributed by atoms with van der Waals surface area (Å²) in [6.45, 7) is 17.0. The van der Waals surface area contributed by atoms with Crippen LogP contribution >= 0.6 is 0 Å². The van der Waals surface area contributed by atoms with Gasteiger partial charge in [-0.2, -0.15) is 0 Å². The molecule has 4 aliphatic carbocycles. The van der Waals surface area contributed by atoms with Crippen molar-refractivity contribution >= 4 is 24.9 Å². The standard InChI is InChI=1S/C35H51BN2O7/c1-20-22(13-14-36-44-29-17-24-16-28(34(24,6)7)35(29,8)45-36)10-12-27(30(20)32(41)43-33(3,4)5)42-26-18-38(19-26)31(40)23-9-11-25(15-23)37-21(2)39/h10,12,23-26,28-29H,9,11,13-19H2,1-8H3,(H,37,39)/t23-,24-,25+,28-,29+,35-/m0/s1. The zero-order valence-electron chi connectivity index (χ0n) is 28.4. The van der Waals surface area contributed by atoms with Crippen LogP contribution in [0, 0.1) is 30.1 Å². The summed E-state index contributed by atoms with van der Waals surface area (Å²) in [6, 6.07) is 3.97. The van der Waals surface area contributed by atoms with E-state index in [1.807, 2.05) is 44.7 Å². The van der Waals surface area contributed by atoms with E-state index in [-0.39, 0.29) is 48.7 Å². The van der Waals surface area contributed by atoms with Crippen molar-refractivity contribution in [3.05, 3.63) is 28.8 Å². The van der Waals surface area contributed by atoms with Crippen molar-refractivity contribution in [1.29, 1.82) is 0 Å². The molecule has 45 heavy (non-hydrogen) atoms. The predicted molar refractivity (Wildman–Crippen MR) is 171 cm³/mol. The largest absolute Gasteiger partial charge is 0.486 e. The number of amides is 2. The van der Waals surface area contributed by atoms with Crippen molar-refractivity contribution in [3.63, 3.8) is 0 Å². The molecule has 2 amide bonds. The van der Waals surface area contributed by atoms with Gasteiger partial charge in [0.25, 0.3) is 0 Å². The molecule has 2 saturated heterocycles. The highest BCUT2D eigenvalue weighted by atomic mass is 16.7. The number of benzene rings is 1. The van der Waals surface area contributed by atoms with Crippen molar-refractivity contribution in [2.45, 2.75) is 130 Å². The summed E-state index contributed by atoms with van der Waals surface area (Å²) in [5.74, 6) is 1.30. The van der Waals surface area contributed by atoms with Crippen LogP contribution in [0.2, 0.25) is 6.32 Å². The summed E-state index contributed by atoms with van der Waals surface area (Å²) in [7, 11) is -0.262. The fourth-order valence-electron chi connectivity index (χ4n) is 8.79. The number of hydrogen-bond acceptors (Lipinski definition) is 7. The molecular weight excluding hydrogens is 571 g/mol. The van der Waals surface area contributed by atoms with Crippen LogP contribution in [0.4, 0.5) is 0 Å². The van der Waals surface area contributed by atoms with Gasteiger partial charge in [0.15, 0.2) is 0 Å². The van der Waals surface area contributed by atoms with Crippen LogP contribution in [0.1, 0.15) is 102 Å². The predicted octanol–water partition coefficient (Wildman–Crippen LogP) is 5.12. The fraction of sp³-hybridized carbons (Fsp3) is 0.743. The zero-order valence-corrected chi connectivity index (χ0v) is 28.4. The Labute approximate surface area is 268 Å². The van der Waals surface area contributed by atoms with E-state index in [2.05, 4.69) is 26.1 Å². The Balaban J connectivity index is 1.10. The number of nitrogens with one attached hydrogen (secondary N) is 1. The highest BCUT2D eigenvalue weighted by Crippen LogP contribution is 2.65. The van der Waals surface area contributed by atoms with Crippen LogP contribution in [-0.2, 0) is 30.1 Å². The molecule has 1 aromatic carbocycles. The van der Waals surface area contributed by atoms with Gasteiger partial charge in [-0.25, -0.2) is 4.79 Å². The molecule has 0 unspecified atom stereocenters. The topological polar surface area (TPSA) is 103 Å². The van der Waals surface area contributed by atoms with Gasteiger partial charge in [-0.3, -0.25) is 9.59 Å². The van der Waals surface area contributed by atoms with Gasteiger partial charge in [0, 0.05) is 18.9 Å². The first-order valence-corrected chi connectivity index (χ1v) is 17.0. The average molecular weight is 623 g/mol. The third-order valence-corrected chi connectivity index (χ3v) is 11.4. The van der Waals surface area contributed by atoms with Gasteiger partial charge in [-0.05, 0) is 114 Å². The van der Waals surface area contributed by atoms with Crippen molar-refractivity contribution in [2.24, 2.45) is 23.2 Å². The molecular formula is C35H51BN2O7. The second-order valence-electron chi connectivity index (χ2n) is 16.1. The first kappa shape index (κ1) is 32.4. The number of rotatable bonds is 8. The number of nitrogens with zero attached hydrogens (tertiary/aromatic N) is 1. The molecule has 2 heterocycles. The SMILES string of the molecule is CC(=O)N[C@@H]1CC[C@H](C(=O)N2CC(Oc3ccc(CCB4O[C@@H]5C[C@@H]6C[C@@H](C6(C)C)[C@]5(C)O4)c(C)c3C(=O)OC(C)(C)C)C2)C1. The monoisotopic (exact) mass is 622 g/mol. The summed E-state index contributed by atoms with van der Waals surface area (Å²) in [5, 5.41) is 2.94. The number of carbonyl (C=O) groups excluding carboxylic acids is 3. The molecule has 0 spiro atoms. The highest BCUT2D eigenvalue weighted by molar-refractivity contribution is 6.45. The number of carbonyl (C=O) groups is 3. The summed E-state index contributed by atoms with van der Waals surface area (Å²) in [5.41, 5.74) is 1.74. The van der Waals surface area contributed by atoms with Crippen LogP contribution in [0.15, 0.2) is 12.1 Å². The molecule has 4 saturated carbocycles. The first-order chi connectivity index (χ1) is 21.0. The Morgan fingerprint density at radius 1 is 1.09 bits per heavy atom. The summed E-state index contributed by atoms with van der Waals surface area (Å²) < 4.78 is 25.3. The van der Waals surface area contributed by atoms with Gasteiger partial charge >= 0.3 is 13.1 Å². The Bertz CT molecular complexity index is 1350. The molecule has 0 aromatic heterocycles. The second-order valence-corrected chi connectivity index (χ2v) is 16.1. The first-order valence-electron chi connectivity index (χ1n) is 17.0. The van der Waals surface area contributed by atoms with E-state index in [9.17, 15) is 14.4 Å². The molecule has 1 aromatic rings. The summed E-state index contributed by atoms with van der Waals surface area (Å²) in [4.78, 5) is 39.8. The molecule has 6 fully saturated rings. The van der Waals surface area contributed by atoms with Crippen molar-refractivity contribution in [1.82, 2.24) is 10.2 Å². The molecule has 6 atom stereocenters. The summed E-state index contributed by atoms with van der Waals surface area (Å²) in [6.07, 6.45) is 5.94. The quantitative estimate of drug-likeness (QED) is 0.317. The lowest BCUT2D eigenvalue weighted by Gasteiger charge is -2.64. The van der Waals surface area contributed by atoms with Gasteiger partial charge < -0.3 is 29.0 Å². The average Bonchev–Trinajstić information content (AvgIpc) is 3.51. The third kappa shape index (κ3) is 6.13. The maximum atomic E-state index is 13.5. The zero-order chi connectivity index (χ0) is 32.5. The Kier molecular flexibility index (Phi) is 8.33. The molecule has 2 aliphatic heterocycles. The van der Waals surface area contributed by atoms with Crippen LogP contribution in [0.3, 0.4) is 0 Å². The minimum absolute atomic E-state index is 0.0553. The number of ether oxygens (including phenoxy) is 2. The smallest absolute Gasteiger partial charge is 0.457 e. The van der Waals surface area contributed by atoms with E-state index in [0.717, 1.165) is 30.4 Å². The number of hydrogen-bond donors (Lipinski definition) is 1. The van der Waals surface area contributed by atoms with E-state index in [1.54, 1.807) is 0 Å². The van der Waals surface area contributed by atoms with E-state index in [1.165, 1.54) is 13.3 Å². The Hall–Kier alpha value is -2.59. The van der Waals surface area contributed by atoms with Gasteiger partial charge in [-0.1, -0.05) is 19.9 Å². The molecule has 246 valence electrons. The second kappa shape index (κ2) is 11.6. The molecule has 10 heteroatoms. The van der Waals surface area contributed by atoms with Crippen molar-refractivity contribution < 1.29 is 33.2 Å². The highest BCUT2D eigenvalue weighted by Gasteiger charge is 2.67. The Morgan fingerprint density at radius 2 is 1.82 bits per heavy atom. The van der Waals surface area contributed by atoms with Crippen LogP contribution in [0.5, 0.6) is 5.75 Å². The lowest BCUT2D eigenvalue weighted by atomic mass is 9.43. The van der Waals surface area contributed by atoms with Crippen LogP contribution in [-0.4, -0.2) is 72.3 Å². The lowest BCUT2D eigenvalue weighted by molar-refractivity contribution is -0.199. The van der Waals surface area contributed by atoms with Gasteiger partial charge in [0.05, 0.1) is 24.8 Å².